The second kappa shape index (κ2) is 5.34. The largest absolute Gasteiger partial charge is 0.496 e. The quantitative estimate of drug-likeness (QED) is 0.590. The molecule has 0 saturated heterocycles. The Balaban J connectivity index is 3.21. The van der Waals surface area contributed by atoms with Crippen LogP contribution >= 0.6 is 0 Å². The molecule has 0 spiro atoms. The minimum atomic E-state index is -0.492. The van der Waals surface area contributed by atoms with Crippen LogP contribution in [0.15, 0.2) is 20.9 Å². The molecular weight excluding hydrogens is 224 g/mol. The van der Waals surface area contributed by atoms with Gasteiger partial charge in [-0.05, 0) is 19.9 Å². The Morgan fingerprint density at radius 2 is 2.06 bits per heavy atom. The average molecular weight is 238 g/mol. The minimum Gasteiger partial charge on any atom is -0.496 e. The molecular formula is C12H14O5. The predicted molar refractivity (Wildman–Crippen MR) is 61.9 cm³/mol. The lowest BCUT2D eigenvalue weighted by Crippen LogP contribution is -2.07. The van der Waals surface area contributed by atoms with Crippen LogP contribution in [0.4, 0.5) is 0 Å². The van der Waals surface area contributed by atoms with Gasteiger partial charge in [-0.15, -0.1) is 0 Å². The number of carbonyl (C=O) groups excluding carboxylic acids is 1. The normalized spacial score (nSPS) is 11.2. The first-order chi connectivity index (χ1) is 7.99. The first-order valence-electron chi connectivity index (χ1n) is 4.95. The summed E-state index contributed by atoms with van der Waals surface area (Å²) in [6.07, 6.45) is 1.43. The molecule has 1 aromatic heterocycles. The van der Waals surface area contributed by atoms with Crippen molar-refractivity contribution in [1.29, 1.82) is 0 Å². The van der Waals surface area contributed by atoms with Gasteiger partial charge in [-0.3, -0.25) is 0 Å². The standard InChI is InChI=1S/C12H14O5/c1-7(11(13)16-4)5-9-6-10(15-3)8(2)12(14)17-9/h5-6H,1-4H3. The molecule has 5 nitrogen and oxygen atoms in total. The third-order valence-corrected chi connectivity index (χ3v) is 2.25. The van der Waals surface area contributed by atoms with E-state index in [1.54, 1.807) is 19.9 Å². The molecule has 0 aromatic carbocycles. The highest BCUT2D eigenvalue weighted by atomic mass is 16.5. The number of ether oxygens (including phenoxy) is 2. The van der Waals surface area contributed by atoms with Crippen molar-refractivity contribution in [3.63, 3.8) is 0 Å². The average Bonchev–Trinajstić information content (AvgIpc) is 2.32. The number of hydrogen-bond acceptors (Lipinski definition) is 5. The lowest BCUT2D eigenvalue weighted by Gasteiger charge is -2.04. The van der Waals surface area contributed by atoms with Crippen molar-refractivity contribution in [2.75, 3.05) is 14.2 Å². The molecule has 0 amide bonds. The van der Waals surface area contributed by atoms with Gasteiger partial charge in [0.25, 0.3) is 0 Å². The summed E-state index contributed by atoms with van der Waals surface area (Å²) in [6, 6.07) is 1.54. The fourth-order valence-electron chi connectivity index (χ4n) is 1.27. The van der Waals surface area contributed by atoms with Crippen molar-refractivity contribution in [2.45, 2.75) is 13.8 Å². The van der Waals surface area contributed by atoms with Crippen LogP contribution in [0.25, 0.3) is 6.08 Å². The number of rotatable bonds is 3. The van der Waals surface area contributed by atoms with E-state index in [0.29, 0.717) is 16.9 Å². The SMILES string of the molecule is COC(=O)C(C)=Cc1cc(OC)c(C)c(=O)o1. The maximum absolute atomic E-state index is 11.4. The zero-order valence-corrected chi connectivity index (χ0v) is 10.2. The fraction of sp³-hybridized carbons (Fsp3) is 0.333. The van der Waals surface area contributed by atoms with Crippen molar-refractivity contribution in [2.24, 2.45) is 0 Å². The van der Waals surface area contributed by atoms with Gasteiger partial charge in [0, 0.05) is 11.6 Å². The van der Waals surface area contributed by atoms with Crippen LogP contribution in [-0.4, -0.2) is 20.2 Å². The first kappa shape index (κ1) is 13.0. The summed E-state index contributed by atoms with van der Waals surface area (Å²) in [5, 5.41) is 0. The molecule has 17 heavy (non-hydrogen) atoms. The molecule has 0 radical (unpaired) electrons. The van der Waals surface area contributed by atoms with Crippen molar-refractivity contribution in [3.05, 3.63) is 33.4 Å². The van der Waals surface area contributed by atoms with Crippen LogP contribution < -0.4 is 10.4 Å². The van der Waals surface area contributed by atoms with E-state index in [1.807, 2.05) is 0 Å². The summed E-state index contributed by atoms with van der Waals surface area (Å²) >= 11 is 0. The van der Waals surface area contributed by atoms with E-state index in [-0.39, 0.29) is 5.76 Å². The summed E-state index contributed by atoms with van der Waals surface area (Å²) in [5.41, 5.74) is 0.232. The van der Waals surface area contributed by atoms with Gasteiger partial charge in [0.15, 0.2) is 0 Å². The summed E-state index contributed by atoms with van der Waals surface area (Å²) in [7, 11) is 2.74. The van der Waals surface area contributed by atoms with Crippen molar-refractivity contribution < 1.29 is 18.7 Å². The van der Waals surface area contributed by atoms with Gasteiger partial charge < -0.3 is 13.9 Å². The zero-order valence-electron chi connectivity index (χ0n) is 10.2. The fourth-order valence-corrected chi connectivity index (χ4v) is 1.27. The smallest absolute Gasteiger partial charge is 0.342 e. The lowest BCUT2D eigenvalue weighted by molar-refractivity contribution is -0.135. The molecule has 1 aromatic rings. The van der Waals surface area contributed by atoms with Gasteiger partial charge in [0.2, 0.25) is 0 Å². The summed E-state index contributed by atoms with van der Waals surface area (Å²) in [5.74, 6) is 0.192. The molecule has 0 unspecified atom stereocenters. The first-order valence-corrected chi connectivity index (χ1v) is 4.95. The maximum Gasteiger partial charge on any atom is 0.342 e. The third kappa shape index (κ3) is 2.96. The molecule has 1 rings (SSSR count). The molecule has 0 saturated carbocycles. The van der Waals surface area contributed by atoms with Gasteiger partial charge in [-0.2, -0.15) is 0 Å². The van der Waals surface area contributed by atoms with Crippen LogP contribution in [0.5, 0.6) is 5.75 Å². The molecule has 1 heterocycles. The number of methoxy groups -OCH3 is 2. The highest BCUT2D eigenvalue weighted by Crippen LogP contribution is 2.17. The van der Waals surface area contributed by atoms with E-state index in [1.165, 1.54) is 20.3 Å². The Hall–Kier alpha value is -2.04. The van der Waals surface area contributed by atoms with Crippen molar-refractivity contribution in [1.82, 2.24) is 0 Å². The molecule has 0 aliphatic rings. The second-order valence-corrected chi connectivity index (χ2v) is 3.45. The molecule has 0 aliphatic carbocycles. The highest BCUT2D eigenvalue weighted by Gasteiger charge is 2.09. The Labute approximate surface area is 98.7 Å². The lowest BCUT2D eigenvalue weighted by atomic mass is 10.2. The molecule has 0 atom stereocenters. The van der Waals surface area contributed by atoms with E-state index in [9.17, 15) is 9.59 Å². The molecule has 92 valence electrons. The van der Waals surface area contributed by atoms with E-state index in [0.717, 1.165) is 0 Å². The predicted octanol–water partition coefficient (Wildman–Crippen LogP) is 1.53. The van der Waals surface area contributed by atoms with E-state index in [4.69, 9.17) is 9.15 Å². The van der Waals surface area contributed by atoms with Crippen LogP contribution in [-0.2, 0) is 9.53 Å². The maximum atomic E-state index is 11.4. The van der Waals surface area contributed by atoms with Gasteiger partial charge in [0.1, 0.15) is 11.5 Å². The summed E-state index contributed by atoms with van der Waals surface area (Å²) in [6.45, 7) is 3.17. The zero-order chi connectivity index (χ0) is 13.0. The Morgan fingerprint density at radius 1 is 1.41 bits per heavy atom. The van der Waals surface area contributed by atoms with Gasteiger partial charge in [0.05, 0.1) is 19.8 Å². The van der Waals surface area contributed by atoms with Crippen molar-refractivity contribution >= 4 is 12.0 Å². The monoisotopic (exact) mass is 238 g/mol. The third-order valence-electron chi connectivity index (χ3n) is 2.25. The Bertz CT molecular complexity index is 510. The number of carbonyl (C=O) groups is 1. The van der Waals surface area contributed by atoms with Gasteiger partial charge in [-0.25, -0.2) is 9.59 Å². The van der Waals surface area contributed by atoms with Crippen LogP contribution in [0.1, 0.15) is 18.2 Å². The number of esters is 1. The van der Waals surface area contributed by atoms with Crippen LogP contribution in [0.2, 0.25) is 0 Å². The molecule has 0 aliphatic heterocycles. The number of hydrogen-bond donors (Lipinski definition) is 0. The summed E-state index contributed by atoms with van der Waals surface area (Å²) in [4.78, 5) is 22.6. The van der Waals surface area contributed by atoms with Gasteiger partial charge >= 0.3 is 11.6 Å². The van der Waals surface area contributed by atoms with E-state index in [2.05, 4.69) is 4.74 Å². The van der Waals surface area contributed by atoms with E-state index < -0.39 is 11.6 Å². The van der Waals surface area contributed by atoms with Crippen LogP contribution in [0, 0.1) is 6.92 Å². The Morgan fingerprint density at radius 3 is 2.59 bits per heavy atom. The van der Waals surface area contributed by atoms with E-state index >= 15 is 0 Å². The topological polar surface area (TPSA) is 65.7 Å². The molecule has 0 fully saturated rings. The highest BCUT2D eigenvalue weighted by molar-refractivity contribution is 5.92. The molecule has 0 N–H and O–H groups in total. The van der Waals surface area contributed by atoms with Crippen molar-refractivity contribution in [3.8, 4) is 5.75 Å². The Kier molecular flexibility index (Phi) is 4.09. The molecule has 0 bridgehead atoms. The van der Waals surface area contributed by atoms with Crippen LogP contribution in [0.3, 0.4) is 0 Å². The van der Waals surface area contributed by atoms with Gasteiger partial charge in [-0.1, -0.05) is 0 Å². The second-order valence-electron chi connectivity index (χ2n) is 3.45. The molecule has 5 heteroatoms. The summed E-state index contributed by atoms with van der Waals surface area (Å²) < 4.78 is 14.6. The minimum absolute atomic E-state index is 0.250.